The number of alkyl halides is 1. The third-order valence-electron chi connectivity index (χ3n) is 4.20. The Morgan fingerprint density at radius 2 is 2.05 bits per heavy atom. The molecule has 0 spiro atoms. The molecule has 0 saturated carbocycles. The average molecular weight is 334 g/mol. The molecule has 2 heterocycles. The van der Waals surface area contributed by atoms with Gasteiger partial charge in [0, 0.05) is 18.5 Å². The number of halogens is 1. The SMILES string of the molecule is Cc1nn(CCCl)c(C)c1S(=O)(=O)N1CCCC1C(C)C. The van der Waals surface area contributed by atoms with Crippen molar-refractivity contribution in [3.8, 4) is 0 Å². The van der Waals surface area contributed by atoms with Crippen molar-refractivity contribution in [1.82, 2.24) is 14.1 Å². The number of hydrogen-bond donors (Lipinski definition) is 0. The Balaban J connectivity index is 2.45. The second-order valence-electron chi connectivity index (χ2n) is 5.98. The predicted molar refractivity (Wildman–Crippen MR) is 84.2 cm³/mol. The fourth-order valence-corrected chi connectivity index (χ4v) is 5.56. The van der Waals surface area contributed by atoms with Crippen LogP contribution in [0.4, 0.5) is 0 Å². The molecule has 120 valence electrons. The molecule has 1 aromatic heterocycles. The highest BCUT2D eigenvalue weighted by molar-refractivity contribution is 7.89. The van der Waals surface area contributed by atoms with E-state index in [4.69, 9.17) is 11.6 Å². The number of rotatable bonds is 5. The molecular weight excluding hydrogens is 310 g/mol. The third-order valence-corrected chi connectivity index (χ3v) is 6.54. The Hall–Kier alpha value is -0.590. The first-order valence-corrected chi connectivity index (χ1v) is 9.40. The lowest BCUT2D eigenvalue weighted by Gasteiger charge is -2.27. The summed E-state index contributed by atoms with van der Waals surface area (Å²) in [6.45, 7) is 8.84. The van der Waals surface area contributed by atoms with Crippen LogP contribution in [-0.4, -0.2) is 41.0 Å². The molecule has 0 aliphatic carbocycles. The van der Waals surface area contributed by atoms with Gasteiger partial charge in [-0.3, -0.25) is 4.68 Å². The molecule has 1 aliphatic rings. The molecule has 1 aromatic rings. The number of sulfonamides is 1. The molecule has 0 aromatic carbocycles. The van der Waals surface area contributed by atoms with Crippen LogP contribution in [0.5, 0.6) is 0 Å². The van der Waals surface area contributed by atoms with Crippen molar-refractivity contribution >= 4 is 21.6 Å². The van der Waals surface area contributed by atoms with Crippen LogP contribution in [0.3, 0.4) is 0 Å². The number of aromatic nitrogens is 2. The first kappa shape index (κ1) is 16.8. The van der Waals surface area contributed by atoms with Crippen LogP contribution < -0.4 is 0 Å². The lowest BCUT2D eigenvalue weighted by Crippen LogP contribution is -2.38. The standard InChI is InChI=1S/C14H24ClN3O2S/c1-10(2)13-6-5-8-18(13)21(19,20)14-11(3)16-17(9-7-15)12(14)4/h10,13H,5-9H2,1-4H3. The quantitative estimate of drug-likeness (QED) is 0.778. The van der Waals surface area contributed by atoms with Gasteiger partial charge in [0.15, 0.2) is 0 Å². The summed E-state index contributed by atoms with van der Waals surface area (Å²) in [5, 5.41) is 4.33. The van der Waals surface area contributed by atoms with Crippen LogP contribution in [0, 0.1) is 19.8 Å². The maximum Gasteiger partial charge on any atom is 0.247 e. The Morgan fingerprint density at radius 3 is 2.62 bits per heavy atom. The minimum Gasteiger partial charge on any atom is -0.267 e. The molecule has 1 saturated heterocycles. The highest BCUT2D eigenvalue weighted by Crippen LogP contribution is 2.32. The lowest BCUT2D eigenvalue weighted by atomic mass is 10.0. The predicted octanol–water partition coefficient (Wildman–Crippen LogP) is 2.55. The summed E-state index contributed by atoms with van der Waals surface area (Å²) >= 11 is 5.76. The van der Waals surface area contributed by atoms with E-state index in [1.54, 1.807) is 22.8 Å². The van der Waals surface area contributed by atoms with Gasteiger partial charge in [-0.25, -0.2) is 8.42 Å². The number of aryl methyl sites for hydroxylation is 2. The van der Waals surface area contributed by atoms with E-state index in [2.05, 4.69) is 18.9 Å². The van der Waals surface area contributed by atoms with E-state index in [-0.39, 0.29) is 6.04 Å². The Kier molecular flexibility index (Phi) is 5.00. The van der Waals surface area contributed by atoms with Gasteiger partial charge in [0.1, 0.15) is 4.90 Å². The van der Waals surface area contributed by atoms with Gasteiger partial charge in [-0.05, 0) is 32.6 Å². The van der Waals surface area contributed by atoms with Crippen molar-refractivity contribution in [2.45, 2.75) is 58.0 Å². The monoisotopic (exact) mass is 333 g/mol. The first-order chi connectivity index (χ1) is 9.80. The van der Waals surface area contributed by atoms with E-state index in [1.165, 1.54) is 0 Å². The van der Waals surface area contributed by atoms with Crippen molar-refractivity contribution in [2.75, 3.05) is 12.4 Å². The first-order valence-electron chi connectivity index (χ1n) is 7.42. The molecule has 7 heteroatoms. The molecule has 1 aliphatic heterocycles. The summed E-state index contributed by atoms with van der Waals surface area (Å²) in [6.07, 6.45) is 1.86. The van der Waals surface area contributed by atoms with E-state index < -0.39 is 10.0 Å². The van der Waals surface area contributed by atoms with Gasteiger partial charge in [-0.2, -0.15) is 9.40 Å². The highest BCUT2D eigenvalue weighted by Gasteiger charge is 2.39. The summed E-state index contributed by atoms with van der Waals surface area (Å²) in [4.78, 5) is 0.361. The lowest BCUT2D eigenvalue weighted by molar-refractivity contribution is 0.315. The van der Waals surface area contributed by atoms with E-state index >= 15 is 0 Å². The van der Waals surface area contributed by atoms with Crippen LogP contribution >= 0.6 is 11.6 Å². The van der Waals surface area contributed by atoms with Crippen LogP contribution in [0.2, 0.25) is 0 Å². The van der Waals surface area contributed by atoms with Crippen molar-refractivity contribution in [3.63, 3.8) is 0 Å². The second-order valence-corrected chi connectivity index (χ2v) is 8.19. The summed E-state index contributed by atoms with van der Waals surface area (Å²) in [5.41, 5.74) is 1.24. The molecule has 0 N–H and O–H groups in total. The van der Waals surface area contributed by atoms with Crippen molar-refractivity contribution in [2.24, 2.45) is 5.92 Å². The average Bonchev–Trinajstić information content (AvgIpc) is 2.96. The van der Waals surface area contributed by atoms with Gasteiger partial charge in [0.25, 0.3) is 0 Å². The van der Waals surface area contributed by atoms with Crippen LogP contribution in [-0.2, 0) is 16.6 Å². The Bertz CT molecular complexity index is 610. The van der Waals surface area contributed by atoms with Crippen LogP contribution in [0.1, 0.15) is 38.1 Å². The van der Waals surface area contributed by atoms with Gasteiger partial charge < -0.3 is 0 Å². The largest absolute Gasteiger partial charge is 0.267 e. The van der Waals surface area contributed by atoms with Gasteiger partial charge >= 0.3 is 0 Å². The maximum atomic E-state index is 13.0. The molecule has 2 rings (SSSR count). The van der Waals surface area contributed by atoms with E-state index in [1.807, 2.05) is 0 Å². The molecule has 5 nitrogen and oxygen atoms in total. The zero-order chi connectivity index (χ0) is 15.8. The molecular formula is C14H24ClN3O2S. The fraction of sp³-hybridized carbons (Fsp3) is 0.786. The van der Waals surface area contributed by atoms with Gasteiger partial charge in [-0.15, -0.1) is 11.6 Å². The number of hydrogen-bond acceptors (Lipinski definition) is 3. The van der Waals surface area contributed by atoms with Crippen molar-refractivity contribution in [1.29, 1.82) is 0 Å². The second kappa shape index (κ2) is 6.26. The minimum absolute atomic E-state index is 0.0881. The van der Waals surface area contributed by atoms with Gasteiger partial charge in [-0.1, -0.05) is 13.8 Å². The molecule has 21 heavy (non-hydrogen) atoms. The van der Waals surface area contributed by atoms with E-state index in [0.717, 1.165) is 12.8 Å². The smallest absolute Gasteiger partial charge is 0.247 e. The van der Waals surface area contributed by atoms with Crippen molar-refractivity contribution in [3.05, 3.63) is 11.4 Å². The summed E-state index contributed by atoms with van der Waals surface area (Å²) < 4.78 is 29.5. The Labute approximate surface area is 132 Å². The van der Waals surface area contributed by atoms with Crippen LogP contribution in [0.15, 0.2) is 4.90 Å². The molecule has 1 fully saturated rings. The van der Waals surface area contributed by atoms with Crippen LogP contribution in [0.25, 0.3) is 0 Å². The summed E-state index contributed by atoms with van der Waals surface area (Å²) in [5.74, 6) is 0.737. The Morgan fingerprint density at radius 1 is 1.38 bits per heavy atom. The number of nitrogens with zero attached hydrogens (tertiary/aromatic N) is 3. The zero-order valence-electron chi connectivity index (χ0n) is 13.1. The molecule has 1 atom stereocenters. The van der Waals surface area contributed by atoms with E-state index in [0.29, 0.717) is 41.2 Å². The van der Waals surface area contributed by atoms with Gasteiger partial charge in [0.05, 0.1) is 17.9 Å². The molecule has 0 radical (unpaired) electrons. The molecule has 1 unspecified atom stereocenters. The summed E-state index contributed by atoms with van der Waals surface area (Å²) in [7, 11) is -3.48. The highest BCUT2D eigenvalue weighted by atomic mass is 35.5. The summed E-state index contributed by atoms with van der Waals surface area (Å²) in [6, 6.07) is 0.0881. The van der Waals surface area contributed by atoms with Gasteiger partial charge in [0.2, 0.25) is 10.0 Å². The maximum absolute atomic E-state index is 13.0. The zero-order valence-corrected chi connectivity index (χ0v) is 14.7. The topological polar surface area (TPSA) is 55.2 Å². The minimum atomic E-state index is -3.48. The normalized spacial score (nSPS) is 20.6. The third kappa shape index (κ3) is 2.98. The van der Waals surface area contributed by atoms with E-state index in [9.17, 15) is 8.42 Å². The fourth-order valence-electron chi connectivity index (χ4n) is 3.20. The molecule has 0 amide bonds. The molecule has 0 bridgehead atoms. The van der Waals surface area contributed by atoms with Crippen molar-refractivity contribution < 1.29 is 8.42 Å².